The normalized spacial score (nSPS) is 11.0. The Morgan fingerprint density at radius 3 is 2.44 bits per heavy atom. The van der Waals surface area contributed by atoms with Crippen molar-refractivity contribution in [2.75, 3.05) is 7.05 Å². The minimum atomic E-state index is -0.356. The highest BCUT2D eigenvalue weighted by Crippen LogP contribution is 2.16. The minimum Gasteiger partial charge on any atom is -0.337 e. The van der Waals surface area contributed by atoms with Crippen LogP contribution in [0.3, 0.4) is 0 Å². The summed E-state index contributed by atoms with van der Waals surface area (Å²) in [4.78, 5) is 29.3. The van der Waals surface area contributed by atoms with Gasteiger partial charge in [-0.05, 0) is 34.6 Å². The van der Waals surface area contributed by atoms with Crippen molar-refractivity contribution in [3.63, 3.8) is 0 Å². The molecule has 3 aromatic rings. The topological polar surface area (TPSA) is 53.2 Å². The fraction of sp³-hybridized carbons (Fsp3) is 0.238. The summed E-state index contributed by atoms with van der Waals surface area (Å²) in [6.07, 6.45) is 0. The number of nitrogens with zero attached hydrogens (tertiary/aromatic N) is 1. The second-order valence-electron chi connectivity index (χ2n) is 6.66. The van der Waals surface area contributed by atoms with Gasteiger partial charge in [0.05, 0.1) is 0 Å². The molecule has 0 saturated heterocycles. The number of amides is 1. The highest BCUT2D eigenvalue weighted by molar-refractivity contribution is 5.97. The van der Waals surface area contributed by atoms with Crippen molar-refractivity contribution in [2.45, 2.75) is 26.3 Å². The lowest BCUT2D eigenvalue weighted by atomic mass is 10.0. The van der Waals surface area contributed by atoms with Gasteiger partial charge in [-0.15, -0.1) is 0 Å². The van der Waals surface area contributed by atoms with Gasteiger partial charge in [-0.2, -0.15) is 0 Å². The van der Waals surface area contributed by atoms with Gasteiger partial charge in [0, 0.05) is 19.1 Å². The number of carbonyl (C=O) groups excluding carboxylic acids is 1. The highest BCUT2D eigenvalue weighted by atomic mass is 16.2. The number of hydrogen-bond donors (Lipinski definition) is 1. The van der Waals surface area contributed by atoms with E-state index in [-0.39, 0.29) is 17.0 Å². The molecular formula is C21H22N2O2. The molecule has 0 saturated carbocycles. The largest absolute Gasteiger partial charge is 0.337 e. The SMILES string of the molecule is CC(C)c1ccc(CN(C)C(=O)c2cc3ccccc3[nH]c2=O)cc1. The lowest BCUT2D eigenvalue weighted by molar-refractivity contribution is 0.0783. The summed E-state index contributed by atoms with van der Waals surface area (Å²) in [6, 6.07) is 17.3. The third kappa shape index (κ3) is 3.63. The molecule has 0 radical (unpaired) electrons. The van der Waals surface area contributed by atoms with Gasteiger partial charge in [-0.25, -0.2) is 0 Å². The van der Waals surface area contributed by atoms with Gasteiger partial charge < -0.3 is 9.88 Å². The molecule has 1 N–H and O–H groups in total. The van der Waals surface area contributed by atoms with E-state index in [1.807, 2.05) is 36.4 Å². The standard InChI is InChI=1S/C21H22N2O2/c1-14(2)16-10-8-15(9-11-16)13-23(3)21(25)18-12-17-6-4-5-7-19(17)22-20(18)24/h4-12,14H,13H2,1-3H3,(H,22,24). The molecule has 0 fully saturated rings. The molecule has 0 bridgehead atoms. The van der Waals surface area contributed by atoms with E-state index in [2.05, 4.69) is 31.0 Å². The monoisotopic (exact) mass is 334 g/mol. The smallest absolute Gasteiger partial charge is 0.261 e. The van der Waals surface area contributed by atoms with Crippen molar-refractivity contribution < 1.29 is 4.79 Å². The van der Waals surface area contributed by atoms with Gasteiger partial charge in [0.15, 0.2) is 0 Å². The van der Waals surface area contributed by atoms with Crippen LogP contribution in [0.15, 0.2) is 59.4 Å². The van der Waals surface area contributed by atoms with Crippen LogP contribution in [0.4, 0.5) is 0 Å². The predicted octanol–water partition coefficient (Wildman–Crippen LogP) is 3.92. The number of fused-ring (bicyclic) bond motifs is 1. The second-order valence-corrected chi connectivity index (χ2v) is 6.66. The highest BCUT2D eigenvalue weighted by Gasteiger charge is 2.16. The van der Waals surface area contributed by atoms with Crippen LogP contribution in [-0.4, -0.2) is 22.8 Å². The Balaban J connectivity index is 1.82. The molecule has 2 aromatic carbocycles. The Morgan fingerprint density at radius 2 is 1.76 bits per heavy atom. The van der Waals surface area contributed by atoms with Crippen LogP contribution in [0.2, 0.25) is 0 Å². The Hall–Kier alpha value is -2.88. The lowest BCUT2D eigenvalue weighted by Gasteiger charge is -2.17. The zero-order valence-electron chi connectivity index (χ0n) is 14.7. The average molecular weight is 334 g/mol. The Morgan fingerprint density at radius 1 is 1.08 bits per heavy atom. The molecule has 0 unspecified atom stereocenters. The van der Waals surface area contributed by atoms with E-state index < -0.39 is 0 Å². The third-order valence-corrected chi connectivity index (χ3v) is 4.40. The molecule has 0 aliphatic carbocycles. The quantitative estimate of drug-likeness (QED) is 0.786. The first-order valence-corrected chi connectivity index (χ1v) is 8.42. The number of rotatable bonds is 4. The first kappa shape index (κ1) is 17.0. The maximum atomic E-state index is 12.7. The zero-order valence-corrected chi connectivity index (χ0v) is 14.7. The van der Waals surface area contributed by atoms with Gasteiger partial charge in [-0.1, -0.05) is 56.3 Å². The van der Waals surface area contributed by atoms with E-state index in [9.17, 15) is 9.59 Å². The summed E-state index contributed by atoms with van der Waals surface area (Å²) in [6.45, 7) is 4.76. The van der Waals surface area contributed by atoms with Crippen molar-refractivity contribution in [3.8, 4) is 0 Å². The maximum absolute atomic E-state index is 12.7. The molecule has 1 amide bonds. The lowest BCUT2D eigenvalue weighted by Crippen LogP contribution is -2.31. The molecule has 0 spiro atoms. The molecule has 3 rings (SSSR count). The van der Waals surface area contributed by atoms with Crippen molar-refractivity contribution in [2.24, 2.45) is 0 Å². The van der Waals surface area contributed by atoms with E-state index in [1.54, 1.807) is 18.0 Å². The number of aromatic amines is 1. The maximum Gasteiger partial charge on any atom is 0.261 e. The third-order valence-electron chi connectivity index (χ3n) is 4.40. The number of nitrogens with one attached hydrogen (secondary N) is 1. The predicted molar refractivity (Wildman–Crippen MR) is 101 cm³/mol. The molecule has 0 aliphatic heterocycles. The summed E-state index contributed by atoms with van der Waals surface area (Å²) in [5.74, 6) is 0.199. The summed E-state index contributed by atoms with van der Waals surface area (Å²) >= 11 is 0. The van der Waals surface area contributed by atoms with E-state index in [4.69, 9.17) is 0 Å². The molecular weight excluding hydrogens is 312 g/mol. The van der Waals surface area contributed by atoms with E-state index in [1.165, 1.54) is 5.56 Å². The first-order chi connectivity index (χ1) is 12.0. The Bertz CT molecular complexity index is 956. The molecule has 1 heterocycles. The van der Waals surface area contributed by atoms with E-state index >= 15 is 0 Å². The van der Waals surface area contributed by atoms with Gasteiger partial charge >= 0.3 is 0 Å². The van der Waals surface area contributed by atoms with Crippen molar-refractivity contribution in [3.05, 3.63) is 81.6 Å². The Kier molecular flexibility index (Phi) is 4.70. The van der Waals surface area contributed by atoms with E-state index in [0.29, 0.717) is 12.5 Å². The van der Waals surface area contributed by atoms with Crippen LogP contribution >= 0.6 is 0 Å². The number of aromatic nitrogens is 1. The second kappa shape index (κ2) is 6.93. The molecule has 1 aromatic heterocycles. The van der Waals surface area contributed by atoms with Crippen LogP contribution in [-0.2, 0) is 6.54 Å². The fourth-order valence-corrected chi connectivity index (χ4v) is 2.87. The van der Waals surface area contributed by atoms with E-state index in [0.717, 1.165) is 16.5 Å². The molecule has 0 atom stereocenters. The zero-order chi connectivity index (χ0) is 18.0. The van der Waals surface area contributed by atoms with Crippen molar-refractivity contribution in [1.82, 2.24) is 9.88 Å². The first-order valence-electron chi connectivity index (χ1n) is 8.42. The number of benzene rings is 2. The van der Waals surface area contributed by atoms with Gasteiger partial charge in [0.25, 0.3) is 11.5 Å². The molecule has 0 aliphatic rings. The van der Waals surface area contributed by atoms with Gasteiger partial charge in [-0.3, -0.25) is 9.59 Å². The van der Waals surface area contributed by atoms with Gasteiger partial charge in [0.1, 0.15) is 5.56 Å². The molecule has 128 valence electrons. The van der Waals surface area contributed by atoms with Crippen LogP contribution < -0.4 is 5.56 Å². The number of carbonyl (C=O) groups is 1. The van der Waals surface area contributed by atoms with Crippen LogP contribution in [0.1, 0.15) is 41.3 Å². The van der Waals surface area contributed by atoms with Crippen molar-refractivity contribution in [1.29, 1.82) is 0 Å². The fourth-order valence-electron chi connectivity index (χ4n) is 2.87. The summed E-state index contributed by atoms with van der Waals surface area (Å²) < 4.78 is 0. The Labute approximate surface area is 147 Å². The molecule has 4 heteroatoms. The van der Waals surface area contributed by atoms with Gasteiger partial charge in [0.2, 0.25) is 0 Å². The minimum absolute atomic E-state index is 0.167. The number of pyridine rings is 1. The molecule has 25 heavy (non-hydrogen) atoms. The van der Waals surface area contributed by atoms with Crippen LogP contribution in [0.25, 0.3) is 10.9 Å². The van der Waals surface area contributed by atoms with Crippen molar-refractivity contribution >= 4 is 16.8 Å². The number of H-pyrrole nitrogens is 1. The average Bonchev–Trinajstić information content (AvgIpc) is 2.61. The summed E-state index contributed by atoms with van der Waals surface area (Å²) in [5, 5.41) is 0.847. The summed E-state index contributed by atoms with van der Waals surface area (Å²) in [5.41, 5.74) is 2.85. The summed E-state index contributed by atoms with van der Waals surface area (Å²) in [7, 11) is 1.72. The van der Waals surface area contributed by atoms with Crippen LogP contribution in [0, 0.1) is 0 Å². The van der Waals surface area contributed by atoms with Crippen LogP contribution in [0.5, 0.6) is 0 Å². The number of hydrogen-bond acceptors (Lipinski definition) is 2. The molecule has 4 nitrogen and oxygen atoms in total. The number of para-hydroxylation sites is 1.